The lowest BCUT2D eigenvalue weighted by Crippen LogP contribution is -2.40. The number of rotatable bonds is 6. The highest BCUT2D eigenvalue weighted by molar-refractivity contribution is 6.30. The number of fused-ring (bicyclic) bond motifs is 1. The summed E-state index contributed by atoms with van der Waals surface area (Å²) >= 11 is 5.98. The van der Waals surface area contributed by atoms with Crippen LogP contribution in [0.2, 0.25) is 5.02 Å². The number of benzene rings is 2. The average molecular weight is 637 g/mol. The number of carbonyl (C=O) groups is 2. The highest BCUT2D eigenvalue weighted by atomic mass is 35.5. The average Bonchev–Trinajstić information content (AvgIpc) is 3.60. The molecule has 1 saturated heterocycles. The number of nitrogens with one attached hydrogen (secondary N) is 1. The number of hydrogen-bond donors (Lipinski definition) is 1. The molecule has 0 bridgehead atoms. The van der Waals surface area contributed by atoms with Gasteiger partial charge in [-0.15, -0.1) is 0 Å². The first kappa shape index (κ1) is 32.0. The molecule has 0 unspecified atom stereocenters. The monoisotopic (exact) mass is 636 g/mol. The third-order valence-electron chi connectivity index (χ3n) is 7.01. The second kappa shape index (κ2) is 12.5. The third kappa shape index (κ3) is 8.02. The van der Waals surface area contributed by atoms with Crippen LogP contribution in [0.15, 0.2) is 60.8 Å². The standard InChI is InChI=1S/C33H38ClFN6O4/c1-32(2,3)44-30(42)37-24-14-16-39(20-24)25-11-8-21(9-12-25)27-18-29(41-28(38-27)13-15-36-41)40(31(43)45-33(4,5)6)19-22-7-10-23(34)17-26(22)35/h7-13,15,17-18,24H,14,16,19-20H2,1-6H3,(H,37,42)/t24-/m0/s1. The predicted molar refractivity (Wildman–Crippen MR) is 172 cm³/mol. The molecule has 4 aromatic rings. The molecule has 12 heteroatoms. The highest BCUT2D eigenvalue weighted by Gasteiger charge is 2.29. The summed E-state index contributed by atoms with van der Waals surface area (Å²) in [5, 5.41) is 7.60. The van der Waals surface area contributed by atoms with Crippen LogP contribution in [0.1, 0.15) is 53.5 Å². The number of ether oxygens (including phenoxy) is 2. The van der Waals surface area contributed by atoms with E-state index in [1.807, 2.05) is 45.0 Å². The molecular formula is C33H38ClFN6O4. The predicted octanol–water partition coefficient (Wildman–Crippen LogP) is 7.23. The largest absolute Gasteiger partial charge is 0.444 e. The van der Waals surface area contributed by atoms with Gasteiger partial charge in [-0.1, -0.05) is 29.8 Å². The van der Waals surface area contributed by atoms with Crippen LogP contribution in [0.25, 0.3) is 16.9 Å². The lowest BCUT2D eigenvalue weighted by atomic mass is 10.1. The first-order chi connectivity index (χ1) is 21.1. The van der Waals surface area contributed by atoms with Crippen LogP contribution < -0.4 is 15.1 Å². The summed E-state index contributed by atoms with van der Waals surface area (Å²) in [7, 11) is 0. The van der Waals surface area contributed by atoms with E-state index >= 15 is 0 Å². The Balaban J connectivity index is 1.42. The molecule has 0 aliphatic carbocycles. The minimum atomic E-state index is -0.792. The van der Waals surface area contributed by atoms with Crippen molar-refractivity contribution in [2.24, 2.45) is 0 Å². The van der Waals surface area contributed by atoms with Crippen LogP contribution in [0.3, 0.4) is 0 Å². The van der Waals surface area contributed by atoms with Gasteiger partial charge in [0.15, 0.2) is 5.65 Å². The second-order valence-electron chi connectivity index (χ2n) is 13.0. The lowest BCUT2D eigenvalue weighted by Gasteiger charge is -2.28. The van der Waals surface area contributed by atoms with Crippen molar-refractivity contribution >= 4 is 40.9 Å². The summed E-state index contributed by atoms with van der Waals surface area (Å²) in [5.41, 5.74) is 1.84. The van der Waals surface area contributed by atoms with E-state index in [2.05, 4.69) is 15.3 Å². The molecule has 1 fully saturated rings. The summed E-state index contributed by atoms with van der Waals surface area (Å²) in [5.74, 6) is -0.175. The normalized spacial score (nSPS) is 15.3. The van der Waals surface area contributed by atoms with E-state index in [4.69, 9.17) is 26.1 Å². The zero-order chi connectivity index (χ0) is 32.5. The third-order valence-corrected chi connectivity index (χ3v) is 7.25. The summed E-state index contributed by atoms with van der Waals surface area (Å²) < 4.78 is 27.6. The molecule has 5 rings (SSSR count). The van der Waals surface area contributed by atoms with Gasteiger partial charge in [0.2, 0.25) is 0 Å². The Morgan fingerprint density at radius 2 is 1.73 bits per heavy atom. The molecule has 0 spiro atoms. The van der Waals surface area contributed by atoms with Crippen molar-refractivity contribution in [2.75, 3.05) is 22.9 Å². The number of anilines is 2. The molecular weight excluding hydrogens is 599 g/mol. The summed E-state index contributed by atoms with van der Waals surface area (Å²) in [6.45, 7) is 12.2. The quantitative estimate of drug-likeness (QED) is 0.238. The molecule has 0 saturated carbocycles. The van der Waals surface area contributed by atoms with Gasteiger partial charge in [-0.05, 0) is 72.2 Å². The fourth-order valence-electron chi connectivity index (χ4n) is 5.04. The molecule has 3 heterocycles. The number of amides is 2. The van der Waals surface area contributed by atoms with E-state index in [9.17, 15) is 14.0 Å². The molecule has 45 heavy (non-hydrogen) atoms. The smallest absolute Gasteiger partial charge is 0.416 e. The van der Waals surface area contributed by atoms with E-state index in [-0.39, 0.29) is 23.2 Å². The van der Waals surface area contributed by atoms with Gasteiger partial charge in [0, 0.05) is 47.1 Å². The molecule has 238 valence electrons. The van der Waals surface area contributed by atoms with Gasteiger partial charge < -0.3 is 19.7 Å². The maximum Gasteiger partial charge on any atom is 0.416 e. The van der Waals surface area contributed by atoms with Gasteiger partial charge in [-0.2, -0.15) is 9.61 Å². The Labute approximate surface area is 267 Å². The fourth-order valence-corrected chi connectivity index (χ4v) is 5.20. The molecule has 1 N–H and O–H groups in total. The van der Waals surface area contributed by atoms with Gasteiger partial charge >= 0.3 is 12.2 Å². The van der Waals surface area contributed by atoms with Crippen molar-refractivity contribution in [3.8, 4) is 11.3 Å². The van der Waals surface area contributed by atoms with Crippen molar-refractivity contribution in [3.63, 3.8) is 0 Å². The van der Waals surface area contributed by atoms with Crippen LogP contribution in [0.4, 0.5) is 25.5 Å². The van der Waals surface area contributed by atoms with Crippen molar-refractivity contribution in [2.45, 2.75) is 71.8 Å². The SMILES string of the molecule is CC(C)(C)OC(=O)N[C@H]1CCN(c2ccc(-c3cc(N(Cc4ccc(Cl)cc4F)C(=O)OC(C)(C)C)n4nccc4n3)cc2)C1. The van der Waals surface area contributed by atoms with Gasteiger partial charge in [-0.25, -0.2) is 19.0 Å². The van der Waals surface area contributed by atoms with Crippen molar-refractivity contribution < 1.29 is 23.5 Å². The summed E-state index contributed by atoms with van der Waals surface area (Å²) in [6, 6.07) is 15.7. The Kier molecular flexibility index (Phi) is 8.93. The number of nitrogens with zero attached hydrogens (tertiary/aromatic N) is 5. The molecule has 2 amide bonds. The van der Waals surface area contributed by atoms with Gasteiger partial charge in [0.05, 0.1) is 24.5 Å². The fraction of sp³-hybridized carbons (Fsp3) is 0.394. The number of carbonyl (C=O) groups excluding carboxylic acids is 2. The van der Waals surface area contributed by atoms with Crippen LogP contribution in [0.5, 0.6) is 0 Å². The Hall–Kier alpha value is -4.38. The Morgan fingerprint density at radius 1 is 1.02 bits per heavy atom. The molecule has 2 aromatic heterocycles. The number of hydrogen-bond acceptors (Lipinski definition) is 7. The van der Waals surface area contributed by atoms with E-state index in [1.165, 1.54) is 15.5 Å². The zero-order valence-electron chi connectivity index (χ0n) is 26.3. The Morgan fingerprint density at radius 3 is 2.40 bits per heavy atom. The maximum absolute atomic E-state index is 14.9. The van der Waals surface area contributed by atoms with E-state index in [0.29, 0.717) is 23.7 Å². The van der Waals surface area contributed by atoms with Crippen LogP contribution in [0, 0.1) is 5.82 Å². The van der Waals surface area contributed by atoms with Crippen LogP contribution in [-0.2, 0) is 16.0 Å². The van der Waals surface area contributed by atoms with Gasteiger partial charge in [-0.3, -0.25) is 4.90 Å². The Bertz CT molecular complexity index is 1700. The van der Waals surface area contributed by atoms with E-state index in [1.54, 1.807) is 51.2 Å². The van der Waals surface area contributed by atoms with E-state index in [0.717, 1.165) is 24.2 Å². The minimum Gasteiger partial charge on any atom is -0.444 e. The topological polar surface area (TPSA) is 101 Å². The first-order valence-corrected chi connectivity index (χ1v) is 15.2. The van der Waals surface area contributed by atoms with Crippen LogP contribution in [-0.4, -0.2) is 57.1 Å². The van der Waals surface area contributed by atoms with Crippen molar-refractivity contribution in [1.82, 2.24) is 19.9 Å². The highest BCUT2D eigenvalue weighted by Crippen LogP contribution is 2.30. The molecule has 2 aromatic carbocycles. The summed E-state index contributed by atoms with van der Waals surface area (Å²) in [6.07, 6.45) is 1.31. The first-order valence-electron chi connectivity index (χ1n) is 14.8. The molecule has 1 aliphatic rings. The number of aromatic nitrogens is 3. The minimum absolute atomic E-state index is 0.0164. The molecule has 10 nitrogen and oxygen atoms in total. The van der Waals surface area contributed by atoms with Crippen molar-refractivity contribution in [1.29, 1.82) is 0 Å². The number of alkyl carbamates (subject to hydrolysis) is 1. The van der Waals surface area contributed by atoms with Gasteiger partial charge in [0.25, 0.3) is 0 Å². The van der Waals surface area contributed by atoms with E-state index < -0.39 is 29.2 Å². The lowest BCUT2D eigenvalue weighted by molar-refractivity contribution is 0.0507. The number of halogens is 2. The second-order valence-corrected chi connectivity index (χ2v) is 13.5. The zero-order valence-corrected chi connectivity index (χ0v) is 27.1. The molecule has 0 radical (unpaired) electrons. The molecule has 1 aliphatic heterocycles. The summed E-state index contributed by atoms with van der Waals surface area (Å²) in [4.78, 5) is 34.1. The van der Waals surface area contributed by atoms with Crippen LogP contribution >= 0.6 is 11.6 Å². The molecule has 1 atom stereocenters. The maximum atomic E-state index is 14.9. The van der Waals surface area contributed by atoms with Gasteiger partial charge in [0.1, 0.15) is 22.8 Å². The van der Waals surface area contributed by atoms with Crippen molar-refractivity contribution in [3.05, 3.63) is 77.2 Å².